The molecule has 130 valence electrons. The molecule has 1 heterocycles. The molecule has 0 aliphatic carbocycles. The highest BCUT2D eigenvalue weighted by atomic mass is 17.2. The number of methoxy groups -OCH3 is 1. The smallest absolute Gasteiger partial charge is 0.305 e. The molecule has 0 radical (unpaired) electrons. The second-order valence-corrected chi connectivity index (χ2v) is 5.41. The van der Waals surface area contributed by atoms with Crippen LogP contribution in [0.15, 0.2) is 34.9 Å². The average molecular weight is 333 g/mol. The average Bonchev–Trinajstić information content (AvgIpc) is 3.07. The number of aryl methyl sites for hydroxylation is 1. The predicted molar refractivity (Wildman–Crippen MR) is 88.4 cm³/mol. The van der Waals surface area contributed by atoms with E-state index in [1.165, 1.54) is 14.2 Å². The monoisotopic (exact) mass is 333 g/mol. The molecule has 0 N–H and O–H groups in total. The number of hydrogen-bond acceptors (Lipinski definition) is 6. The molecule has 2 aromatic rings. The van der Waals surface area contributed by atoms with Gasteiger partial charge in [-0.05, 0) is 25.0 Å². The van der Waals surface area contributed by atoms with Crippen molar-refractivity contribution in [3.05, 3.63) is 36.1 Å². The summed E-state index contributed by atoms with van der Waals surface area (Å²) < 4.78 is 10.0. The molecule has 6 heteroatoms. The highest BCUT2D eigenvalue weighted by Crippen LogP contribution is 2.29. The van der Waals surface area contributed by atoms with Gasteiger partial charge in [0, 0.05) is 24.5 Å². The summed E-state index contributed by atoms with van der Waals surface area (Å²) in [7, 11) is 2.88. The SMILES string of the molecule is COOc1ccccc1-c1cc(CCCCCCC(=O)OC)on1. The van der Waals surface area contributed by atoms with E-state index in [0.717, 1.165) is 49.1 Å². The lowest BCUT2D eigenvalue weighted by Crippen LogP contribution is -1.99. The molecule has 1 aromatic carbocycles. The largest absolute Gasteiger partial charge is 0.469 e. The first-order valence-corrected chi connectivity index (χ1v) is 8.07. The van der Waals surface area contributed by atoms with E-state index in [2.05, 4.69) is 9.89 Å². The molecule has 0 spiro atoms. The number of rotatable bonds is 10. The maximum absolute atomic E-state index is 11.0. The normalized spacial score (nSPS) is 10.6. The molecule has 1 aromatic heterocycles. The van der Waals surface area contributed by atoms with Crippen molar-refractivity contribution < 1.29 is 23.8 Å². The van der Waals surface area contributed by atoms with Crippen LogP contribution >= 0.6 is 0 Å². The number of benzene rings is 1. The predicted octanol–water partition coefficient (Wildman–Crippen LogP) is 3.95. The summed E-state index contributed by atoms with van der Waals surface area (Å²) in [5.41, 5.74) is 1.55. The molecular formula is C18H23NO5. The fraction of sp³-hybridized carbons (Fsp3) is 0.444. The van der Waals surface area contributed by atoms with Crippen LogP contribution in [-0.4, -0.2) is 25.3 Å². The van der Waals surface area contributed by atoms with Gasteiger partial charge in [-0.1, -0.05) is 30.1 Å². The number of para-hydroxylation sites is 1. The van der Waals surface area contributed by atoms with Gasteiger partial charge >= 0.3 is 5.97 Å². The highest BCUT2D eigenvalue weighted by Gasteiger charge is 2.12. The van der Waals surface area contributed by atoms with Crippen LogP contribution in [0.5, 0.6) is 5.75 Å². The number of esters is 1. The van der Waals surface area contributed by atoms with Gasteiger partial charge in [-0.15, -0.1) is 0 Å². The van der Waals surface area contributed by atoms with Crippen LogP contribution in [0.4, 0.5) is 0 Å². The topological polar surface area (TPSA) is 70.8 Å². The number of carbonyl (C=O) groups is 1. The van der Waals surface area contributed by atoms with E-state index in [9.17, 15) is 4.79 Å². The Morgan fingerprint density at radius 1 is 1.12 bits per heavy atom. The van der Waals surface area contributed by atoms with E-state index in [4.69, 9.17) is 14.3 Å². The zero-order chi connectivity index (χ0) is 17.2. The zero-order valence-electron chi connectivity index (χ0n) is 14.1. The number of nitrogens with zero attached hydrogens (tertiary/aromatic N) is 1. The van der Waals surface area contributed by atoms with Crippen LogP contribution in [0, 0.1) is 0 Å². The second-order valence-electron chi connectivity index (χ2n) is 5.41. The van der Waals surface area contributed by atoms with Gasteiger partial charge in [0.15, 0.2) is 5.75 Å². The Morgan fingerprint density at radius 2 is 1.92 bits per heavy atom. The van der Waals surface area contributed by atoms with Gasteiger partial charge in [-0.2, -0.15) is 4.89 Å². The third-order valence-corrected chi connectivity index (χ3v) is 3.68. The fourth-order valence-corrected chi connectivity index (χ4v) is 2.42. The zero-order valence-corrected chi connectivity index (χ0v) is 14.1. The Hall–Kier alpha value is -2.34. The lowest BCUT2D eigenvalue weighted by atomic mass is 10.1. The number of aromatic nitrogens is 1. The van der Waals surface area contributed by atoms with Gasteiger partial charge < -0.3 is 14.1 Å². The van der Waals surface area contributed by atoms with Gasteiger partial charge in [0.1, 0.15) is 11.5 Å². The molecular weight excluding hydrogens is 310 g/mol. The van der Waals surface area contributed by atoms with Crippen molar-refractivity contribution in [3.8, 4) is 17.0 Å². The Balaban J connectivity index is 1.80. The van der Waals surface area contributed by atoms with Crippen LogP contribution in [0.1, 0.15) is 37.9 Å². The van der Waals surface area contributed by atoms with E-state index in [0.29, 0.717) is 12.2 Å². The molecule has 24 heavy (non-hydrogen) atoms. The maximum Gasteiger partial charge on any atom is 0.305 e. The Morgan fingerprint density at radius 3 is 2.71 bits per heavy atom. The highest BCUT2D eigenvalue weighted by molar-refractivity contribution is 5.69. The number of unbranched alkanes of at least 4 members (excludes halogenated alkanes) is 3. The molecule has 2 rings (SSSR count). The van der Waals surface area contributed by atoms with Crippen LogP contribution < -0.4 is 4.89 Å². The van der Waals surface area contributed by atoms with Crippen molar-refractivity contribution in [2.75, 3.05) is 14.2 Å². The van der Waals surface area contributed by atoms with Gasteiger partial charge in [0.2, 0.25) is 0 Å². The Kier molecular flexibility index (Phi) is 7.29. The van der Waals surface area contributed by atoms with Gasteiger partial charge in [0.25, 0.3) is 0 Å². The summed E-state index contributed by atoms with van der Waals surface area (Å²) in [6.45, 7) is 0. The van der Waals surface area contributed by atoms with Crippen molar-refractivity contribution in [3.63, 3.8) is 0 Å². The summed E-state index contributed by atoms with van der Waals surface area (Å²) in [5.74, 6) is 1.29. The minimum atomic E-state index is -0.146. The fourth-order valence-electron chi connectivity index (χ4n) is 2.42. The maximum atomic E-state index is 11.0. The van der Waals surface area contributed by atoms with Gasteiger partial charge in [-0.25, -0.2) is 0 Å². The quantitative estimate of drug-likeness (QED) is 0.284. The number of carbonyl (C=O) groups excluding carboxylic acids is 1. The molecule has 6 nitrogen and oxygen atoms in total. The summed E-state index contributed by atoms with van der Waals surface area (Å²) in [6, 6.07) is 9.42. The Labute approximate surface area is 141 Å². The van der Waals surface area contributed by atoms with E-state index >= 15 is 0 Å². The minimum absolute atomic E-state index is 0.146. The molecule has 0 aliphatic rings. The summed E-state index contributed by atoms with van der Waals surface area (Å²) in [4.78, 5) is 20.9. The Bertz CT molecular complexity index is 638. The van der Waals surface area contributed by atoms with Crippen molar-refractivity contribution >= 4 is 5.97 Å². The van der Waals surface area contributed by atoms with Crippen molar-refractivity contribution in [1.82, 2.24) is 5.16 Å². The van der Waals surface area contributed by atoms with Crippen molar-refractivity contribution in [1.29, 1.82) is 0 Å². The van der Waals surface area contributed by atoms with Crippen LogP contribution in [0.25, 0.3) is 11.3 Å². The molecule has 0 bridgehead atoms. The second kappa shape index (κ2) is 9.72. The minimum Gasteiger partial charge on any atom is -0.469 e. The molecule has 0 atom stereocenters. The first-order valence-electron chi connectivity index (χ1n) is 8.07. The van der Waals surface area contributed by atoms with Crippen LogP contribution in [0.2, 0.25) is 0 Å². The van der Waals surface area contributed by atoms with E-state index in [1.54, 1.807) is 0 Å². The number of hydrogen-bond donors (Lipinski definition) is 0. The van der Waals surface area contributed by atoms with Crippen LogP contribution in [-0.2, 0) is 20.8 Å². The van der Waals surface area contributed by atoms with E-state index in [-0.39, 0.29) is 5.97 Å². The van der Waals surface area contributed by atoms with Gasteiger partial charge in [-0.3, -0.25) is 4.79 Å². The molecule has 0 unspecified atom stereocenters. The summed E-state index contributed by atoms with van der Waals surface area (Å²) in [6.07, 6.45) is 5.19. The first-order chi connectivity index (χ1) is 11.7. The van der Waals surface area contributed by atoms with Crippen LogP contribution in [0.3, 0.4) is 0 Å². The summed E-state index contributed by atoms with van der Waals surface area (Å²) in [5, 5.41) is 4.11. The third kappa shape index (κ3) is 5.38. The van der Waals surface area contributed by atoms with Crippen molar-refractivity contribution in [2.45, 2.75) is 38.5 Å². The summed E-state index contributed by atoms with van der Waals surface area (Å²) >= 11 is 0. The molecule has 0 saturated carbocycles. The van der Waals surface area contributed by atoms with Crippen molar-refractivity contribution in [2.24, 2.45) is 0 Å². The third-order valence-electron chi connectivity index (χ3n) is 3.68. The standard InChI is InChI=1S/C18H23NO5/c1-21-18(20)12-6-4-3-5-9-14-13-16(19-23-14)15-10-7-8-11-17(15)24-22-2/h7-8,10-11,13H,3-6,9,12H2,1-2H3. The first kappa shape index (κ1) is 18.0. The van der Waals surface area contributed by atoms with E-state index in [1.807, 2.05) is 30.3 Å². The molecule has 0 aliphatic heterocycles. The number of ether oxygens (including phenoxy) is 1. The molecule has 0 saturated heterocycles. The van der Waals surface area contributed by atoms with Gasteiger partial charge in [0.05, 0.1) is 14.2 Å². The molecule has 0 fully saturated rings. The molecule has 0 amide bonds. The lowest BCUT2D eigenvalue weighted by molar-refractivity contribution is -0.177. The lowest BCUT2D eigenvalue weighted by Gasteiger charge is -2.04. The van der Waals surface area contributed by atoms with E-state index < -0.39 is 0 Å².